The maximum atomic E-state index is 12.0. The van der Waals surface area contributed by atoms with E-state index in [2.05, 4.69) is 5.32 Å². The number of nitrogens with one attached hydrogen (secondary N) is 1. The van der Waals surface area contributed by atoms with E-state index in [4.69, 9.17) is 10.5 Å². The minimum Gasteiger partial charge on any atom is -0.491 e. The highest BCUT2D eigenvalue weighted by molar-refractivity contribution is 5.98. The number of hydrogen-bond acceptors (Lipinski definition) is 4. The minimum atomic E-state index is -0.537. The van der Waals surface area contributed by atoms with Crippen molar-refractivity contribution in [3.05, 3.63) is 23.8 Å². The molecule has 0 heterocycles. The zero-order valence-corrected chi connectivity index (χ0v) is 10.8. The van der Waals surface area contributed by atoms with E-state index in [1.807, 2.05) is 13.8 Å². The number of nitrogen functional groups attached to an aromatic ring is 1. The number of aliphatic hydroxyl groups excluding tert-OH is 1. The molecule has 1 aromatic rings. The Bertz CT molecular complexity index is 407. The zero-order valence-electron chi connectivity index (χ0n) is 10.8. The molecule has 4 N–H and O–H groups in total. The topological polar surface area (TPSA) is 84.6 Å². The Morgan fingerprint density at radius 1 is 1.50 bits per heavy atom. The molecule has 0 aliphatic carbocycles. The Kier molecular flexibility index (Phi) is 5.45. The lowest BCUT2D eigenvalue weighted by Crippen LogP contribution is -2.32. The molecule has 0 radical (unpaired) electrons. The molecule has 100 valence electrons. The van der Waals surface area contributed by atoms with Gasteiger partial charge in [-0.25, -0.2) is 0 Å². The Balaban J connectivity index is 2.81. The molecule has 0 saturated heterocycles. The van der Waals surface area contributed by atoms with Crippen LogP contribution >= 0.6 is 0 Å². The number of ether oxygens (including phenoxy) is 1. The van der Waals surface area contributed by atoms with Crippen molar-refractivity contribution < 1.29 is 14.6 Å². The Labute approximate surface area is 107 Å². The number of rotatable bonds is 6. The van der Waals surface area contributed by atoms with Crippen LogP contribution < -0.4 is 15.8 Å². The van der Waals surface area contributed by atoms with Crippen LogP contribution in [0.4, 0.5) is 5.69 Å². The van der Waals surface area contributed by atoms with Crippen molar-refractivity contribution in [3.63, 3.8) is 0 Å². The molecule has 1 unspecified atom stereocenters. The summed E-state index contributed by atoms with van der Waals surface area (Å²) in [4.78, 5) is 12.0. The lowest BCUT2D eigenvalue weighted by atomic mass is 10.1. The van der Waals surface area contributed by atoms with Crippen LogP contribution in [-0.2, 0) is 0 Å². The van der Waals surface area contributed by atoms with Gasteiger partial charge >= 0.3 is 0 Å². The summed E-state index contributed by atoms with van der Waals surface area (Å²) in [7, 11) is 0. The second-order valence-corrected chi connectivity index (χ2v) is 3.93. The molecule has 0 saturated carbocycles. The van der Waals surface area contributed by atoms with Crippen molar-refractivity contribution in [2.45, 2.75) is 26.4 Å². The van der Waals surface area contributed by atoms with Crippen LogP contribution in [0.15, 0.2) is 18.2 Å². The number of para-hydroxylation sites is 1. The van der Waals surface area contributed by atoms with Gasteiger partial charge in [-0.3, -0.25) is 4.79 Å². The number of hydrogen-bond donors (Lipinski definition) is 3. The van der Waals surface area contributed by atoms with Gasteiger partial charge < -0.3 is 20.9 Å². The standard InChI is InChI=1S/C13H20N2O3/c1-3-9(16)8-15-13(17)10-6-5-7-11(14)12(10)18-4-2/h5-7,9,16H,3-4,8,14H2,1-2H3,(H,15,17). The Morgan fingerprint density at radius 2 is 2.22 bits per heavy atom. The number of anilines is 1. The lowest BCUT2D eigenvalue weighted by molar-refractivity contribution is 0.0910. The van der Waals surface area contributed by atoms with Crippen LogP contribution in [0.2, 0.25) is 0 Å². The molecule has 0 fully saturated rings. The predicted octanol–water partition coefficient (Wildman–Crippen LogP) is 1.17. The minimum absolute atomic E-state index is 0.218. The summed E-state index contributed by atoms with van der Waals surface area (Å²) in [5.41, 5.74) is 6.59. The highest BCUT2D eigenvalue weighted by Gasteiger charge is 2.15. The SMILES string of the molecule is CCOc1c(N)cccc1C(=O)NCC(O)CC. The maximum absolute atomic E-state index is 12.0. The molecule has 0 spiro atoms. The lowest BCUT2D eigenvalue weighted by Gasteiger charge is -2.14. The quantitative estimate of drug-likeness (QED) is 0.663. The molecule has 1 amide bonds. The van der Waals surface area contributed by atoms with E-state index < -0.39 is 6.10 Å². The average molecular weight is 252 g/mol. The van der Waals surface area contributed by atoms with Crippen molar-refractivity contribution in [2.24, 2.45) is 0 Å². The summed E-state index contributed by atoms with van der Waals surface area (Å²) < 4.78 is 5.37. The molecule has 0 aromatic heterocycles. The molecule has 0 aliphatic heterocycles. The van der Waals surface area contributed by atoms with Crippen LogP contribution in [0.3, 0.4) is 0 Å². The molecule has 1 aromatic carbocycles. The number of amides is 1. The third kappa shape index (κ3) is 3.63. The van der Waals surface area contributed by atoms with Gasteiger partial charge in [0.15, 0.2) is 5.75 Å². The second kappa shape index (κ2) is 6.86. The fourth-order valence-corrected chi connectivity index (χ4v) is 1.49. The summed E-state index contributed by atoms with van der Waals surface area (Å²) in [5.74, 6) is 0.0988. The third-order valence-electron chi connectivity index (χ3n) is 2.55. The Hall–Kier alpha value is -1.75. The first kappa shape index (κ1) is 14.3. The summed E-state index contributed by atoms with van der Waals surface area (Å²) in [6.45, 7) is 4.33. The summed E-state index contributed by atoms with van der Waals surface area (Å²) in [6, 6.07) is 5.03. The maximum Gasteiger partial charge on any atom is 0.255 e. The predicted molar refractivity (Wildman–Crippen MR) is 70.7 cm³/mol. The monoisotopic (exact) mass is 252 g/mol. The van der Waals surface area contributed by atoms with E-state index in [1.54, 1.807) is 18.2 Å². The van der Waals surface area contributed by atoms with Gasteiger partial charge in [0.1, 0.15) is 0 Å². The molecule has 0 bridgehead atoms. The molecule has 1 rings (SSSR count). The van der Waals surface area contributed by atoms with Gasteiger partial charge in [-0.15, -0.1) is 0 Å². The van der Waals surface area contributed by atoms with E-state index in [0.717, 1.165) is 0 Å². The van der Waals surface area contributed by atoms with Crippen LogP contribution in [0.25, 0.3) is 0 Å². The van der Waals surface area contributed by atoms with E-state index in [-0.39, 0.29) is 12.5 Å². The van der Waals surface area contributed by atoms with Crippen molar-refractivity contribution >= 4 is 11.6 Å². The van der Waals surface area contributed by atoms with Crippen LogP contribution in [-0.4, -0.2) is 30.3 Å². The summed E-state index contributed by atoms with van der Waals surface area (Å²) in [6.07, 6.45) is 0.0563. The van der Waals surface area contributed by atoms with Crippen molar-refractivity contribution in [3.8, 4) is 5.75 Å². The van der Waals surface area contributed by atoms with Crippen molar-refractivity contribution in [2.75, 3.05) is 18.9 Å². The van der Waals surface area contributed by atoms with Gasteiger partial charge in [-0.05, 0) is 25.5 Å². The molecule has 5 heteroatoms. The van der Waals surface area contributed by atoms with Gasteiger partial charge in [-0.2, -0.15) is 0 Å². The number of carbonyl (C=O) groups is 1. The first-order chi connectivity index (χ1) is 8.60. The fraction of sp³-hybridized carbons (Fsp3) is 0.462. The highest BCUT2D eigenvalue weighted by atomic mass is 16.5. The van der Waals surface area contributed by atoms with E-state index in [0.29, 0.717) is 30.0 Å². The fourth-order valence-electron chi connectivity index (χ4n) is 1.49. The first-order valence-electron chi connectivity index (χ1n) is 6.07. The van der Waals surface area contributed by atoms with Gasteiger partial charge in [0.2, 0.25) is 0 Å². The average Bonchev–Trinajstić information content (AvgIpc) is 2.38. The smallest absolute Gasteiger partial charge is 0.255 e. The molecule has 1 atom stereocenters. The summed E-state index contributed by atoms with van der Waals surface area (Å²) >= 11 is 0. The third-order valence-corrected chi connectivity index (χ3v) is 2.55. The summed E-state index contributed by atoms with van der Waals surface area (Å²) in [5, 5.41) is 12.1. The number of nitrogens with two attached hydrogens (primary N) is 1. The highest BCUT2D eigenvalue weighted by Crippen LogP contribution is 2.26. The number of aliphatic hydroxyl groups is 1. The zero-order chi connectivity index (χ0) is 13.5. The molecular weight excluding hydrogens is 232 g/mol. The van der Waals surface area contributed by atoms with E-state index in [9.17, 15) is 9.90 Å². The van der Waals surface area contributed by atoms with Crippen molar-refractivity contribution in [1.82, 2.24) is 5.32 Å². The van der Waals surface area contributed by atoms with Gasteiger partial charge in [0.25, 0.3) is 5.91 Å². The normalized spacial score (nSPS) is 11.9. The molecule has 5 nitrogen and oxygen atoms in total. The van der Waals surface area contributed by atoms with Gasteiger partial charge in [0, 0.05) is 6.54 Å². The Morgan fingerprint density at radius 3 is 2.83 bits per heavy atom. The van der Waals surface area contributed by atoms with Crippen LogP contribution in [0.5, 0.6) is 5.75 Å². The first-order valence-corrected chi connectivity index (χ1v) is 6.07. The van der Waals surface area contributed by atoms with Crippen LogP contribution in [0, 0.1) is 0 Å². The van der Waals surface area contributed by atoms with Crippen molar-refractivity contribution in [1.29, 1.82) is 0 Å². The van der Waals surface area contributed by atoms with Crippen LogP contribution in [0.1, 0.15) is 30.6 Å². The van der Waals surface area contributed by atoms with Gasteiger partial charge in [0.05, 0.1) is 24.0 Å². The van der Waals surface area contributed by atoms with E-state index >= 15 is 0 Å². The number of carbonyl (C=O) groups excluding carboxylic acids is 1. The second-order valence-electron chi connectivity index (χ2n) is 3.93. The van der Waals surface area contributed by atoms with Gasteiger partial charge in [-0.1, -0.05) is 13.0 Å². The molecule has 18 heavy (non-hydrogen) atoms. The number of benzene rings is 1. The molecule has 0 aliphatic rings. The van der Waals surface area contributed by atoms with E-state index in [1.165, 1.54) is 0 Å². The largest absolute Gasteiger partial charge is 0.491 e. The molecular formula is C13H20N2O3.